The summed E-state index contributed by atoms with van der Waals surface area (Å²) in [6, 6.07) is -2.04. The smallest absolute Gasteiger partial charge is 0.317 e. The molecule has 50 heavy (non-hydrogen) atoms. The van der Waals surface area contributed by atoms with Gasteiger partial charge < -0.3 is 15.1 Å². The molecular formula is C38H60N4O7S. The van der Waals surface area contributed by atoms with E-state index in [1.165, 1.54) is 4.90 Å². The summed E-state index contributed by atoms with van der Waals surface area (Å²) in [6.07, 6.45) is 6.31. The second kappa shape index (κ2) is 12.2. The van der Waals surface area contributed by atoms with Gasteiger partial charge in [-0.2, -0.15) is 0 Å². The number of amides is 4. The van der Waals surface area contributed by atoms with E-state index in [4.69, 9.17) is 0 Å². The maximum atomic E-state index is 14.9. The highest BCUT2D eigenvalue weighted by molar-refractivity contribution is 7.90. The minimum atomic E-state index is -3.82. The largest absolute Gasteiger partial charge is 0.332 e. The second-order valence-electron chi connectivity index (χ2n) is 19.1. The van der Waals surface area contributed by atoms with E-state index >= 15 is 0 Å². The van der Waals surface area contributed by atoms with Gasteiger partial charge >= 0.3 is 6.03 Å². The van der Waals surface area contributed by atoms with Gasteiger partial charge in [0, 0.05) is 44.8 Å². The minimum absolute atomic E-state index is 0.0328. The van der Waals surface area contributed by atoms with Crippen LogP contribution >= 0.6 is 0 Å². The van der Waals surface area contributed by atoms with Gasteiger partial charge in [0.25, 0.3) is 0 Å². The Labute approximate surface area is 299 Å². The number of likely N-dealkylation sites (tertiary alicyclic amines) is 1. The van der Waals surface area contributed by atoms with Gasteiger partial charge in [-0.05, 0) is 66.1 Å². The first-order valence-corrected chi connectivity index (χ1v) is 19.9. The van der Waals surface area contributed by atoms with Crippen molar-refractivity contribution in [3.63, 3.8) is 0 Å². The van der Waals surface area contributed by atoms with Crippen LogP contribution in [0, 0.1) is 44.3 Å². The summed E-state index contributed by atoms with van der Waals surface area (Å²) in [4.78, 5) is 73.0. The zero-order chi connectivity index (χ0) is 37.6. The van der Waals surface area contributed by atoms with Crippen molar-refractivity contribution in [1.82, 2.24) is 19.8 Å². The first-order valence-electron chi connectivity index (χ1n) is 18.3. The molecule has 6 atom stereocenters. The summed E-state index contributed by atoms with van der Waals surface area (Å²) in [6.45, 7) is 20.1. The van der Waals surface area contributed by atoms with E-state index in [9.17, 15) is 32.4 Å². The Bertz CT molecular complexity index is 1580. The summed E-state index contributed by atoms with van der Waals surface area (Å²) in [5.74, 6) is -2.55. The quantitative estimate of drug-likeness (QED) is 0.274. The number of rotatable bonds is 12. The zero-order valence-corrected chi connectivity index (χ0v) is 32.7. The maximum Gasteiger partial charge on any atom is 0.317 e. The van der Waals surface area contributed by atoms with Crippen molar-refractivity contribution >= 4 is 39.4 Å². The Morgan fingerprint density at radius 3 is 1.98 bits per heavy atom. The van der Waals surface area contributed by atoms with Crippen LogP contribution < -0.4 is 10.0 Å². The fourth-order valence-corrected chi connectivity index (χ4v) is 11.1. The van der Waals surface area contributed by atoms with Crippen molar-refractivity contribution in [2.24, 2.45) is 44.3 Å². The molecule has 0 radical (unpaired) electrons. The molecule has 5 aliphatic rings. The Hall–Kier alpha value is -2.76. The van der Waals surface area contributed by atoms with Gasteiger partial charge in [0.15, 0.2) is 11.6 Å². The third-order valence-electron chi connectivity index (χ3n) is 13.6. The molecule has 5 fully saturated rings. The lowest BCUT2D eigenvalue weighted by Gasteiger charge is -2.37. The van der Waals surface area contributed by atoms with Gasteiger partial charge in [-0.3, -0.25) is 23.9 Å². The Balaban J connectivity index is 1.45. The number of carbonyl (C=O) groups is 5. The Morgan fingerprint density at radius 2 is 1.56 bits per heavy atom. The highest BCUT2D eigenvalue weighted by Gasteiger charge is 2.85. The standard InChI is InChI=1S/C38H60N4O7S/c1-12-23-19-36(23,31(46)40-50(48,49)24-14-15-24)21-28(44)26-20-38(35(8,9)37(38)16-13-17-37)22-42(26)30(45)25(33(2,3)4)18-27(43)29(34(5,6)7)39-32(47)41(10)11/h12,23-26,29H,1,13-22H2,2-11H3,(H,39,47)(H,40,46)/t23-,25-,26+,29-,36-,38-/m1/s1. The van der Waals surface area contributed by atoms with Crippen molar-refractivity contribution in [2.75, 3.05) is 20.6 Å². The fraction of sp³-hybridized carbons (Fsp3) is 0.816. The molecule has 5 rings (SSSR count). The van der Waals surface area contributed by atoms with Gasteiger partial charge in [-0.25, -0.2) is 13.2 Å². The first-order chi connectivity index (χ1) is 22.8. The van der Waals surface area contributed by atoms with Gasteiger partial charge in [0.1, 0.15) is 0 Å². The molecule has 0 unspecified atom stereocenters. The normalized spacial score (nSPS) is 30.6. The third kappa shape index (κ3) is 6.12. The number of nitrogens with zero attached hydrogens (tertiary/aromatic N) is 2. The van der Waals surface area contributed by atoms with E-state index in [0.717, 1.165) is 19.3 Å². The molecule has 1 aliphatic heterocycles. The Morgan fingerprint density at radius 1 is 0.960 bits per heavy atom. The van der Waals surface area contributed by atoms with Crippen molar-refractivity contribution in [3.05, 3.63) is 12.7 Å². The lowest BCUT2D eigenvalue weighted by molar-refractivity contribution is -0.146. The number of urea groups is 1. The van der Waals surface area contributed by atoms with Gasteiger partial charge in [-0.15, -0.1) is 6.58 Å². The van der Waals surface area contributed by atoms with E-state index in [0.29, 0.717) is 32.2 Å². The molecule has 4 aliphatic carbocycles. The van der Waals surface area contributed by atoms with Crippen LogP contribution in [0.5, 0.6) is 0 Å². The first kappa shape index (κ1) is 38.5. The van der Waals surface area contributed by atoms with E-state index < -0.39 is 61.5 Å². The van der Waals surface area contributed by atoms with Crippen LogP contribution in [0.25, 0.3) is 0 Å². The average Bonchev–Trinajstić information content (AvgIpc) is 3.90. The molecule has 11 nitrogen and oxygen atoms in total. The number of Topliss-reactive ketones (excluding diaryl/α,β-unsaturated/α-hetero) is 2. The van der Waals surface area contributed by atoms with Crippen LogP contribution in [0.2, 0.25) is 0 Å². The summed E-state index contributed by atoms with van der Waals surface area (Å²) in [5, 5.41) is 2.28. The van der Waals surface area contributed by atoms with Crippen LogP contribution in [0.3, 0.4) is 0 Å². The van der Waals surface area contributed by atoms with Crippen LogP contribution in [0.1, 0.15) is 113 Å². The van der Waals surface area contributed by atoms with Crippen LogP contribution in [-0.4, -0.2) is 85.6 Å². The molecular weight excluding hydrogens is 657 g/mol. The monoisotopic (exact) mass is 716 g/mol. The molecule has 4 amide bonds. The van der Waals surface area contributed by atoms with E-state index in [1.54, 1.807) is 25.1 Å². The number of ketones is 2. The summed E-state index contributed by atoms with van der Waals surface area (Å²) in [7, 11) is -0.604. The van der Waals surface area contributed by atoms with Gasteiger partial charge in [0.05, 0.1) is 22.7 Å². The number of allylic oxidation sites excluding steroid dienone is 1. The molecule has 0 aromatic carbocycles. The number of hydrogen-bond donors (Lipinski definition) is 2. The molecule has 0 bridgehead atoms. The third-order valence-corrected chi connectivity index (χ3v) is 15.5. The average molecular weight is 717 g/mol. The summed E-state index contributed by atoms with van der Waals surface area (Å²) >= 11 is 0. The van der Waals surface area contributed by atoms with Crippen molar-refractivity contribution in [1.29, 1.82) is 0 Å². The highest BCUT2D eigenvalue weighted by Crippen LogP contribution is 2.88. The SMILES string of the molecule is C=C[C@@H]1C[C@]1(CC(=O)[C@@H]1C[C@@]2(CN1C(=O)[C@@H](CC(=O)[C@@H](NC(=O)N(C)C)C(C)(C)C)C(C)(C)C)C(C)(C)C21CCC1)C(=O)NS(=O)(=O)C1CC1. The molecule has 0 aromatic heterocycles. The summed E-state index contributed by atoms with van der Waals surface area (Å²) in [5.41, 5.74) is -2.82. The summed E-state index contributed by atoms with van der Waals surface area (Å²) < 4.78 is 27.8. The molecule has 2 N–H and O–H groups in total. The molecule has 2 spiro atoms. The highest BCUT2D eigenvalue weighted by atomic mass is 32.2. The van der Waals surface area contributed by atoms with Crippen LogP contribution in [-0.2, 0) is 29.2 Å². The van der Waals surface area contributed by atoms with Crippen LogP contribution in [0.4, 0.5) is 4.79 Å². The minimum Gasteiger partial charge on any atom is -0.332 e. The predicted octanol–water partition coefficient (Wildman–Crippen LogP) is 4.85. The van der Waals surface area contributed by atoms with Crippen LogP contribution in [0.15, 0.2) is 12.7 Å². The fourth-order valence-electron chi connectivity index (χ4n) is 9.74. The molecule has 1 heterocycles. The topological polar surface area (TPSA) is 150 Å². The molecule has 4 saturated carbocycles. The number of hydrogen-bond acceptors (Lipinski definition) is 7. The number of carbonyl (C=O) groups excluding carboxylic acids is 5. The zero-order valence-electron chi connectivity index (χ0n) is 31.9. The lowest BCUT2D eigenvalue weighted by Crippen LogP contribution is -2.54. The van der Waals surface area contributed by atoms with Crippen molar-refractivity contribution in [2.45, 2.75) is 131 Å². The molecule has 12 heteroatoms. The van der Waals surface area contributed by atoms with Gasteiger partial charge in [-0.1, -0.05) is 67.9 Å². The van der Waals surface area contributed by atoms with E-state index in [1.807, 2.05) is 41.5 Å². The number of sulfonamides is 1. The van der Waals surface area contributed by atoms with Gasteiger partial charge in [0.2, 0.25) is 21.8 Å². The second-order valence-corrected chi connectivity index (χ2v) is 21.0. The van der Waals surface area contributed by atoms with Crippen molar-refractivity contribution in [3.8, 4) is 0 Å². The lowest BCUT2D eigenvalue weighted by atomic mass is 9.73. The predicted molar refractivity (Wildman–Crippen MR) is 191 cm³/mol. The molecule has 280 valence electrons. The van der Waals surface area contributed by atoms with Crippen molar-refractivity contribution < 1.29 is 32.4 Å². The van der Waals surface area contributed by atoms with E-state index in [-0.39, 0.29) is 52.5 Å². The number of fused-ring (bicyclic) bond motifs is 1. The van der Waals surface area contributed by atoms with E-state index in [2.05, 4.69) is 30.5 Å². The maximum absolute atomic E-state index is 14.9. The molecule has 0 aromatic rings. The molecule has 1 saturated heterocycles. The number of nitrogens with one attached hydrogen (secondary N) is 2. The Kier molecular flexibility index (Phi) is 9.35.